The maximum atomic E-state index is 12.5. The van der Waals surface area contributed by atoms with Gasteiger partial charge in [0, 0.05) is 43.0 Å². The molecule has 3 aromatic rings. The molecule has 0 spiro atoms. The lowest BCUT2D eigenvalue weighted by Gasteiger charge is -2.10. The average molecular weight is 341 g/mol. The van der Waals surface area contributed by atoms with Crippen LogP contribution in [0.25, 0.3) is 22.2 Å². The van der Waals surface area contributed by atoms with E-state index in [1.807, 2.05) is 17.8 Å². The summed E-state index contributed by atoms with van der Waals surface area (Å²) in [6, 6.07) is 0. The van der Waals surface area contributed by atoms with Crippen molar-refractivity contribution in [2.75, 3.05) is 0 Å². The number of carbonyl (C=O) groups is 1. The van der Waals surface area contributed by atoms with Crippen LogP contribution < -0.4 is 5.56 Å². The second kappa shape index (κ2) is 5.87. The number of carboxylic acid groups (broad SMARTS) is 1. The summed E-state index contributed by atoms with van der Waals surface area (Å²) in [6.45, 7) is 0.490. The molecular weight excluding hydrogens is 322 g/mol. The van der Waals surface area contributed by atoms with Gasteiger partial charge < -0.3 is 14.7 Å². The summed E-state index contributed by atoms with van der Waals surface area (Å²) in [6.07, 6.45) is 7.81. The number of hydrogen-bond donors (Lipinski definition) is 2. The van der Waals surface area contributed by atoms with Crippen molar-refractivity contribution in [2.45, 2.75) is 38.1 Å². The Kier molecular flexibility index (Phi) is 3.67. The third-order valence-corrected chi connectivity index (χ3v) is 4.61. The maximum Gasteiger partial charge on any atom is 0.303 e. The SMILES string of the molecule is Cn1cc(-c2c(C3CC3)n(CCCC(=O)O)c3c(=O)[nH]cnc23)cn1. The Morgan fingerprint density at radius 3 is 2.88 bits per heavy atom. The maximum absolute atomic E-state index is 12.5. The number of aryl methyl sites for hydroxylation is 2. The Morgan fingerprint density at radius 1 is 1.44 bits per heavy atom. The van der Waals surface area contributed by atoms with Gasteiger partial charge in [-0.15, -0.1) is 0 Å². The molecule has 0 radical (unpaired) electrons. The van der Waals surface area contributed by atoms with Gasteiger partial charge in [0.2, 0.25) is 0 Å². The van der Waals surface area contributed by atoms with Gasteiger partial charge in [-0.3, -0.25) is 14.3 Å². The normalized spacial score (nSPS) is 14.3. The molecule has 0 bridgehead atoms. The molecule has 1 fully saturated rings. The van der Waals surface area contributed by atoms with E-state index in [2.05, 4.69) is 15.1 Å². The summed E-state index contributed by atoms with van der Waals surface area (Å²) in [4.78, 5) is 30.4. The van der Waals surface area contributed by atoms with Crippen molar-refractivity contribution < 1.29 is 9.90 Å². The predicted octanol–water partition coefficient (Wildman–Crippen LogP) is 1.87. The van der Waals surface area contributed by atoms with E-state index in [1.54, 1.807) is 10.9 Å². The first-order valence-corrected chi connectivity index (χ1v) is 8.37. The number of H-pyrrole nitrogens is 1. The highest BCUT2D eigenvalue weighted by Gasteiger charge is 2.33. The topological polar surface area (TPSA) is 106 Å². The molecule has 3 heterocycles. The van der Waals surface area contributed by atoms with E-state index in [-0.39, 0.29) is 12.0 Å². The first kappa shape index (κ1) is 15.6. The molecule has 0 saturated heterocycles. The van der Waals surface area contributed by atoms with Crippen LogP contribution in [-0.2, 0) is 18.4 Å². The molecular formula is C17H19N5O3. The zero-order chi connectivity index (χ0) is 17.6. The van der Waals surface area contributed by atoms with E-state index in [9.17, 15) is 9.59 Å². The van der Waals surface area contributed by atoms with Crippen LogP contribution in [0.15, 0.2) is 23.5 Å². The minimum Gasteiger partial charge on any atom is -0.481 e. The highest BCUT2D eigenvalue weighted by molar-refractivity contribution is 5.95. The molecule has 0 aromatic carbocycles. The molecule has 0 aliphatic heterocycles. The number of aromatic amines is 1. The first-order chi connectivity index (χ1) is 12.1. The Bertz CT molecular complexity index is 1010. The first-order valence-electron chi connectivity index (χ1n) is 8.37. The monoisotopic (exact) mass is 341 g/mol. The summed E-state index contributed by atoms with van der Waals surface area (Å²) < 4.78 is 3.71. The van der Waals surface area contributed by atoms with Crippen molar-refractivity contribution in [3.63, 3.8) is 0 Å². The molecule has 0 amide bonds. The molecule has 4 rings (SSSR count). The van der Waals surface area contributed by atoms with Crippen molar-refractivity contribution in [2.24, 2.45) is 7.05 Å². The summed E-state index contributed by atoms with van der Waals surface area (Å²) in [5.41, 5.74) is 3.95. The van der Waals surface area contributed by atoms with E-state index < -0.39 is 5.97 Å². The van der Waals surface area contributed by atoms with Crippen molar-refractivity contribution in [1.29, 1.82) is 0 Å². The Morgan fingerprint density at radius 2 is 2.24 bits per heavy atom. The molecule has 1 aliphatic carbocycles. The van der Waals surface area contributed by atoms with E-state index >= 15 is 0 Å². The Labute approximate surface area is 143 Å². The van der Waals surface area contributed by atoms with E-state index in [1.165, 1.54) is 6.33 Å². The number of fused-ring (bicyclic) bond motifs is 1. The summed E-state index contributed by atoms with van der Waals surface area (Å²) in [5.74, 6) is -0.447. The molecule has 8 nitrogen and oxygen atoms in total. The summed E-state index contributed by atoms with van der Waals surface area (Å²) >= 11 is 0. The molecule has 1 saturated carbocycles. The van der Waals surface area contributed by atoms with Crippen LogP contribution >= 0.6 is 0 Å². The van der Waals surface area contributed by atoms with Crippen LogP contribution in [-0.4, -0.2) is 35.4 Å². The van der Waals surface area contributed by atoms with Gasteiger partial charge in [0.25, 0.3) is 5.56 Å². The third-order valence-electron chi connectivity index (χ3n) is 4.61. The number of rotatable bonds is 6. The highest BCUT2D eigenvalue weighted by Crippen LogP contribution is 2.47. The molecule has 2 N–H and O–H groups in total. The van der Waals surface area contributed by atoms with Gasteiger partial charge in [-0.2, -0.15) is 5.10 Å². The minimum atomic E-state index is -0.830. The molecule has 0 atom stereocenters. The predicted molar refractivity (Wildman–Crippen MR) is 91.4 cm³/mol. The largest absolute Gasteiger partial charge is 0.481 e. The zero-order valence-corrected chi connectivity index (χ0v) is 13.9. The molecule has 0 unspecified atom stereocenters. The van der Waals surface area contributed by atoms with Crippen molar-refractivity contribution in [3.8, 4) is 11.1 Å². The zero-order valence-electron chi connectivity index (χ0n) is 13.9. The van der Waals surface area contributed by atoms with Gasteiger partial charge in [-0.25, -0.2) is 4.98 Å². The lowest BCUT2D eigenvalue weighted by molar-refractivity contribution is -0.137. The number of hydrogen-bond acceptors (Lipinski definition) is 4. The van der Waals surface area contributed by atoms with Gasteiger partial charge >= 0.3 is 5.97 Å². The quantitative estimate of drug-likeness (QED) is 0.712. The second-order valence-corrected chi connectivity index (χ2v) is 6.51. The number of nitrogens with one attached hydrogen (secondary N) is 1. The van der Waals surface area contributed by atoms with Crippen molar-refractivity contribution in [3.05, 3.63) is 34.8 Å². The summed E-state index contributed by atoms with van der Waals surface area (Å²) in [5, 5.41) is 13.2. The van der Waals surface area contributed by atoms with Gasteiger partial charge in [0.05, 0.1) is 12.5 Å². The summed E-state index contributed by atoms with van der Waals surface area (Å²) in [7, 11) is 1.85. The van der Waals surface area contributed by atoms with Gasteiger partial charge in [0.1, 0.15) is 11.0 Å². The fourth-order valence-electron chi connectivity index (χ4n) is 3.44. The van der Waals surface area contributed by atoms with Crippen LogP contribution in [0.3, 0.4) is 0 Å². The fourth-order valence-corrected chi connectivity index (χ4v) is 3.44. The average Bonchev–Trinajstić information content (AvgIpc) is 3.23. The van der Waals surface area contributed by atoms with Gasteiger partial charge in [-0.05, 0) is 25.2 Å². The number of aromatic nitrogens is 5. The number of carboxylic acids is 1. The van der Waals surface area contributed by atoms with Crippen LogP contribution in [0.5, 0.6) is 0 Å². The van der Waals surface area contributed by atoms with Crippen LogP contribution in [0.4, 0.5) is 0 Å². The standard InChI is InChI=1S/C17H19N5O3/c1-21-8-11(7-20-21)13-14-16(17(25)19-9-18-14)22(6-2-3-12(23)24)15(13)10-4-5-10/h7-10H,2-6H2,1H3,(H,23,24)(H,18,19,25). The van der Waals surface area contributed by atoms with E-state index in [0.29, 0.717) is 29.9 Å². The van der Waals surface area contributed by atoms with E-state index in [4.69, 9.17) is 5.11 Å². The molecule has 25 heavy (non-hydrogen) atoms. The van der Waals surface area contributed by atoms with Crippen LogP contribution in [0, 0.1) is 0 Å². The van der Waals surface area contributed by atoms with Crippen molar-refractivity contribution in [1.82, 2.24) is 24.3 Å². The second-order valence-electron chi connectivity index (χ2n) is 6.51. The molecule has 1 aliphatic rings. The van der Waals surface area contributed by atoms with Crippen LogP contribution in [0.2, 0.25) is 0 Å². The van der Waals surface area contributed by atoms with Gasteiger partial charge in [-0.1, -0.05) is 0 Å². The number of nitrogens with zero attached hydrogens (tertiary/aromatic N) is 4. The lowest BCUT2D eigenvalue weighted by atomic mass is 10.1. The third kappa shape index (κ3) is 2.73. The minimum absolute atomic E-state index is 0.0736. The molecule has 8 heteroatoms. The Balaban J connectivity index is 1.94. The van der Waals surface area contributed by atoms with E-state index in [0.717, 1.165) is 29.7 Å². The highest BCUT2D eigenvalue weighted by atomic mass is 16.4. The molecule has 130 valence electrons. The number of aliphatic carboxylic acids is 1. The smallest absolute Gasteiger partial charge is 0.303 e. The fraction of sp³-hybridized carbons (Fsp3) is 0.412. The Hall–Kier alpha value is -2.90. The molecule has 3 aromatic heterocycles. The van der Waals surface area contributed by atoms with Crippen molar-refractivity contribution >= 4 is 17.0 Å². The van der Waals surface area contributed by atoms with Gasteiger partial charge in [0.15, 0.2) is 0 Å². The van der Waals surface area contributed by atoms with Crippen LogP contribution in [0.1, 0.15) is 37.3 Å². The lowest BCUT2D eigenvalue weighted by Crippen LogP contribution is -2.13.